The lowest BCUT2D eigenvalue weighted by atomic mass is 9.99. The van der Waals surface area contributed by atoms with E-state index in [1.165, 1.54) is 12.1 Å². The van der Waals surface area contributed by atoms with E-state index in [1.54, 1.807) is 6.07 Å². The molecule has 0 amide bonds. The Labute approximate surface area is 104 Å². The monoisotopic (exact) mass is 253 g/mol. The first-order valence-corrected chi connectivity index (χ1v) is 5.63. The van der Waals surface area contributed by atoms with Crippen molar-refractivity contribution in [1.82, 2.24) is 0 Å². The van der Waals surface area contributed by atoms with Gasteiger partial charge < -0.3 is 10.2 Å². The molecule has 1 rings (SSSR count). The maximum absolute atomic E-state index is 10.6. The van der Waals surface area contributed by atoms with Crippen LogP contribution in [-0.4, -0.2) is 22.1 Å². The molecule has 0 spiro atoms. The fourth-order valence-electron chi connectivity index (χ4n) is 1.49. The summed E-state index contributed by atoms with van der Waals surface area (Å²) in [6.45, 7) is 0. The molecule has 0 aliphatic heterocycles. The number of benzene rings is 1. The lowest BCUT2D eigenvalue weighted by Crippen LogP contribution is -2.11. The Morgan fingerprint density at radius 1 is 1.53 bits per heavy atom. The Balaban J connectivity index is 3.01. The second kappa shape index (κ2) is 6.24. The van der Waals surface area contributed by atoms with Crippen molar-refractivity contribution in [2.24, 2.45) is 0 Å². The van der Waals surface area contributed by atoms with Crippen molar-refractivity contribution in [3.63, 3.8) is 0 Å². The molecule has 0 aliphatic rings. The number of rotatable bonds is 5. The van der Waals surface area contributed by atoms with Crippen LogP contribution < -0.4 is 0 Å². The van der Waals surface area contributed by atoms with Crippen LogP contribution in [0.5, 0.6) is 0 Å². The first-order chi connectivity index (χ1) is 8.10. The average molecular weight is 254 g/mol. The van der Waals surface area contributed by atoms with E-state index in [0.29, 0.717) is 17.9 Å². The molecule has 1 atom stereocenters. The second-order valence-corrected chi connectivity index (χ2v) is 3.94. The average Bonchev–Trinajstić information content (AvgIpc) is 2.35. The Hall–Kier alpha value is -1.57. The van der Waals surface area contributed by atoms with E-state index in [4.69, 9.17) is 22.0 Å². The summed E-state index contributed by atoms with van der Waals surface area (Å²) in [6.07, 6.45) is -0.184. The molecule has 0 radical (unpaired) electrons. The maximum Gasteiger partial charge on any atom is 0.337 e. The quantitative estimate of drug-likeness (QED) is 0.785. The van der Waals surface area contributed by atoms with E-state index in [1.807, 2.05) is 6.07 Å². The smallest absolute Gasteiger partial charge is 0.337 e. The van der Waals surface area contributed by atoms with Crippen LogP contribution in [0, 0.1) is 11.3 Å². The molecule has 0 fully saturated rings. The van der Waals surface area contributed by atoms with Crippen molar-refractivity contribution >= 4 is 17.6 Å². The number of nitrogens with zero attached hydrogens (tertiary/aromatic N) is 1. The van der Waals surface area contributed by atoms with Gasteiger partial charge in [0.05, 0.1) is 11.6 Å². The summed E-state index contributed by atoms with van der Waals surface area (Å²) in [5.41, 5.74) is 1.41. The number of hydrogen-bond donors (Lipinski definition) is 2. The zero-order valence-electron chi connectivity index (χ0n) is 9.06. The maximum atomic E-state index is 10.6. The van der Waals surface area contributed by atoms with Crippen LogP contribution in [0.2, 0.25) is 0 Å². The fraction of sp³-hybridized carbons (Fsp3) is 0.333. The summed E-state index contributed by atoms with van der Waals surface area (Å²) in [4.78, 5) is 10.6. The third kappa shape index (κ3) is 3.45. The van der Waals surface area contributed by atoms with Gasteiger partial charge in [0.2, 0.25) is 0 Å². The summed E-state index contributed by atoms with van der Waals surface area (Å²) < 4.78 is 0. The number of carboxylic acid groups (broad SMARTS) is 1. The molecular formula is C12H12ClNO3. The number of carbonyl (C=O) groups is 1. The highest BCUT2D eigenvalue weighted by molar-refractivity contribution is 6.17. The van der Waals surface area contributed by atoms with Crippen LogP contribution >= 0.6 is 11.6 Å². The highest BCUT2D eigenvalue weighted by Crippen LogP contribution is 2.19. The van der Waals surface area contributed by atoms with Gasteiger partial charge in [-0.15, -0.1) is 11.6 Å². The lowest BCUT2D eigenvalue weighted by Gasteiger charge is -2.08. The molecule has 0 bridgehead atoms. The molecule has 0 aliphatic carbocycles. The van der Waals surface area contributed by atoms with E-state index < -0.39 is 12.1 Å². The summed E-state index contributed by atoms with van der Waals surface area (Å²) in [6, 6.07) is 6.57. The van der Waals surface area contributed by atoms with Gasteiger partial charge in [-0.3, -0.25) is 0 Å². The van der Waals surface area contributed by atoms with Crippen molar-refractivity contribution in [2.75, 3.05) is 5.88 Å². The fourth-order valence-corrected chi connectivity index (χ4v) is 1.62. The summed E-state index contributed by atoms with van der Waals surface area (Å²) in [5, 5.41) is 27.0. The summed E-state index contributed by atoms with van der Waals surface area (Å²) >= 11 is 5.57. The third-order valence-electron chi connectivity index (χ3n) is 2.38. The molecule has 0 saturated carbocycles. The topological polar surface area (TPSA) is 81.3 Å². The van der Waals surface area contributed by atoms with Gasteiger partial charge in [0.15, 0.2) is 6.10 Å². The number of halogens is 1. The van der Waals surface area contributed by atoms with Crippen LogP contribution in [0.3, 0.4) is 0 Å². The molecule has 4 nitrogen and oxygen atoms in total. The van der Waals surface area contributed by atoms with E-state index in [-0.39, 0.29) is 5.56 Å². The van der Waals surface area contributed by atoms with Gasteiger partial charge in [0.25, 0.3) is 0 Å². The van der Waals surface area contributed by atoms with Gasteiger partial charge in [-0.05, 0) is 30.0 Å². The second-order valence-electron chi connectivity index (χ2n) is 3.56. The Morgan fingerprint density at radius 3 is 2.76 bits per heavy atom. The van der Waals surface area contributed by atoms with Gasteiger partial charge in [-0.25, -0.2) is 4.79 Å². The largest absolute Gasteiger partial charge is 0.479 e. The third-order valence-corrected chi connectivity index (χ3v) is 2.65. The minimum Gasteiger partial charge on any atom is -0.479 e. The zero-order valence-corrected chi connectivity index (χ0v) is 9.81. The lowest BCUT2D eigenvalue weighted by molar-refractivity contribution is -0.146. The number of carboxylic acids is 1. The predicted octanol–water partition coefficient (Wildman–Crippen LogP) is 1.85. The molecule has 1 unspecified atom stereocenters. The molecule has 90 valence electrons. The molecule has 2 N–H and O–H groups in total. The number of alkyl halides is 1. The van der Waals surface area contributed by atoms with Gasteiger partial charge in [0.1, 0.15) is 0 Å². The van der Waals surface area contributed by atoms with Crippen molar-refractivity contribution in [1.29, 1.82) is 5.26 Å². The Bertz CT molecular complexity index is 454. The minimum absolute atomic E-state index is 0.212. The number of aliphatic hydroxyl groups excluding tert-OH is 1. The minimum atomic E-state index is -1.59. The van der Waals surface area contributed by atoms with Crippen molar-refractivity contribution < 1.29 is 15.0 Å². The molecule has 5 heteroatoms. The number of nitriles is 1. The predicted molar refractivity (Wildman–Crippen MR) is 62.8 cm³/mol. The van der Waals surface area contributed by atoms with Crippen LogP contribution in [-0.2, 0) is 11.2 Å². The first kappa shape index (κ1) is 13.5. The first-order valence-electron chi connectivity index (χ1n) is 5.10. The Morgan fingerprint density at radius 2 is 2.24 bits per heavy atom. The highest BCUT2D eigenvalue weighted by Gasteiger charge is 2.17. The number of aryl methyl sites for hydroxylation is 1. The van der Waals surface area contributed by atoms with E-state index in [0.717, 1.165) is 12.0 Å². The molecule has 17 heavy (non-hydrogen) atoms. The van der Waals surface area contributed by atoms with E-state index in [9.17, 15) is 9.90 Å². The molecule has 0 aromatic heterocycles. The van der Waals surface area contributed by atoms with Gasteiger partial charge in [0, 0.05) is 5.88 Å². The van der Waals surface area contributed by atoms with Crippen LogP contribution in [0.1, 0.15) is 29.2 Å². The van der Waals surface area contributed by atoms with Crippen molar-refractivity contribution in [3.05, 3.63) is 34.9 Å². The molecular weight excluding hydrogens is 242 g/mol. The van der Waals surface area contributed by atoms with Gasteiger partial charge in [-0.1, -0.05) is 12.1 Å². The number of aliphatic carboxylic acids is 1. The molecule has 0 heterocycles. The van der Waals surface area contributed by atoms with Crippen LogP contribution in [0.25, 0.3) is 0 Å². The summed E-state index contributed by atoms with van der Waals surface area (Å²) in [5.74, 6) is -0.827. The number of hydrogen-bond acceptors (Lipinski definition) is 3. The molecule has 1 aromatic carbocycles. The van der Waals surface area contributed by atoms with Crippen molar-refractivity contribution in [3.8, 4) is 6.07 Å². The SMILES string of the molecule is N#Cc1cc(C(O)C(=O)O)ccc1CCCCl. The van der Waals surface area contributed by atoms with Gasteiger partial charge >= 0.3 is 5.97 Å². The Kier molecular flexibility index (Phi) is 4.95. The summed E-state index contributed by atoms with van der Waals surface area (Å²) in [7, 11) is 0. The van der Waals surface area contributed by atoms with E-state index in [2.05, 4.69) is 0 Å². The van der Waals surface area contributed by atoms with Crippen LogP contribution in [0.4, 0.5) is 0 Å². The van der Waals surface area contributed by atoms with Gasteiger partial charge in [-0.2, -0.15) is 5.26 Å². The van der Waals surface area contributed by atoms with E-state index >= 15 is 0 Å². The molecule has 1 aromatic rings. The molecule has 0 saturated heterocycles. The highest BCUT2D eigenvalue weighted by atomic mass is 35.5. The number of aliphatic hydroxyl groups is 1. The normalized spacial score (nSPS) is 11.8. The standard InChI is InChI=1S/C12H12ClNO3/c13-5-1-2-8-3-4-9(6-10(8)7-14)11(15)12(16)17/h3-4,6,11,15H,1-2,5H2,(H,16,17). The zero-order chi connectivity index (χ0) is 12.8. The van der Waals surface area contributed by atoms with Crippen LogP contribution in [0.15, 0.2) is 18.2 Å². The van der Waals surface area contributed by atoms with Crippen molar-refractivity contribution in [2.45, 2.75) is 18.9 Å².